The minimum Gasteiger partial charge on any atom is -0.406 e. The Balaban J connectivity index is 3.04. The van der Waals surface area contributed by atoms with E-state index in [2.05, 4.69) is 22.5 Å². The van der Waals surface area contributed by atoms with Crippen LogP contribution >= 0.6 is 23.4 Å². The molecule has 0 unspecified atom stereocenters. The van der Waals surface area contributed by atoms with E-state index in [0.29, 0.717) is 17.1 Å². The lowest BCUT2D eigenvalue weighted by molar-refractivity contribution is -0.303. The van der Waals surface area contributed by atoms with E-state index in [1.807, 2.05) is 13.0 Å². The van der Waals surface area contributed by atoms with Gasteiger partial charge < -0.3 is 4.74 Å². The number of halogens is 4. The van der Waals surface area contributed by atoms with Crippen molar-refractivity contribution in [2.75, 3.05) is 11.2 Å². The molecule has 0 radical (unpaired) electrons. The van der Waals surface area contributed by atoms with Crippen LogP contribution in [0.5, 0.6) is 0 Å². The first-order valence-corrected chi connectivity index (χ1v) is 10.1. The monoisotopic (exact) mass is 446 g/mol. The predicted molar refractivity (Wildman–Crippen MR) is 111 cm³/mol. The third-order valence-corrected chi connectivity index (χ3v) is 4.39. The maximum Gasteiger partial charge on any atom is 0.573 e. The van der Waals surface area contributed by atoms with Crippen molar-refractivity contribution in [1.29, 1.82) is 0 Å². The van der Waals surface area contributed by atoms with Crippen LogP contribution in [0.3, 0.4) is 0 Å². The molecular weight excluding hydrogens is 425 g/mol. The van der Waals surface area contributed by atoms with Crippen LogP contribution in [-0.2, 0) is 9.53 Å². The number of nitrogens with one attached hydrogen (secondary N) is 1. The second-order valence-corrected chi connectivity index (χ2v) is 7.19. The van der Waals surface area contributed by atoms with Gasteiger partial charge in [-0.2, -0.15) is 0 Å². The summed E-state index contributed by atoms with van der Waals surface area (Å²) in [6.07, 6.45) is 0.320. The maximum absolute atomic E-state index is 12.6. The molecule has 1 aromatic rings. The number of allylic oxidation sites excluding steroid dienone is 2. The molecule has 0 aliphatic carbocycles. The van der Waals surface area contributed by atoms with Gasteiger partial charge in [-0.15, -0.1) is 30.7 Å². The molecule has 0 heterocycles. The summed E-state index contributed by atoms with van der Waals surface area (Å²) in [4.78, 5) is 13.4. The molecule has 1 rings (SSSR count). The van der Waals surface area contributed by atoms with Gasteiger partial charge >= 0.3 is 6.36 Å². The highest BCUT2D eigenvalue weighted by atomic mass is 35.5. The van der Waals surface area contributed by atoms with E-state index < -0.39 is 18.0 Å². The fourth-order valence-corrected chi connectivity index (χ4v) is 2.96. The minimum atomic E-state index is -4.85. The standard InChI is InChI=1S/C20H22ClF3N2O2S/c1-4-7-8-16(28-20(22,23)24)10-12-19(27)26(13-5-2)25-17-14-15(21)9-11-18(17)29-6-3/h7-11,13-14,25H,2,4,6,12H2,1,3H3/b8-7-,16-10+. The van der Waals surface area contributed by atoms with Gasteiger partial charge in [0.05, 0.1) is 18.3 Å². The molecule has 4 nitrogen and oxygen atoms in total. The Morgan fingerprint density at radius 1 is 1.41 bits per heavy atom. The summed E-state index contributed by atoms with van der Waals surface area (Å²) in [5, 5.41) is 1.55. The first-order chi connectivity index (χ1) is 13.7. The molecule has 158 valence electrons. The molecule has 9 heteroatoms. The number of nitrogens with zero attached hydrogens (tertiary/aromatic N) is 1. The van der Waals surface area contributed by atoms with Gasteiger partial charge in [0.2, 0.25) is 5.91 Å². The molecule has 0 aliphatic rings. The number of hydrogen-bond acceptors (Lipinski definition) is 4. The Hall–Kier alpha value is -2.28. The number of ether oxygens (including phenoxy) is 1. The topological polar surface area (TPSA) is 41.6 Å². The number of anilines is 1. The number of carbonyl (C=O) groups is 1. The zero-order valence-electron chi connectivity index (χ0n) is 16.1. The Morgan fingerprint density at radius 3 is 2.72 bits per heavy atom. The second-order valence-electron chi connectivity index (χ2n) is 5.45. The summed E-state index contributed by atoms with van der Waals surface area (Å²) in [7, 11) is 0. The zero-order valence-corrected chi connectivity index (χ0v) is 17.6. The summed E-state index contributed by atoms with van der Waals surface area (Å²) < 4.78 is 41.5. The van der Waals surface area contributed by atoms with E-state index in [1.165, 1.54) is 18.4 Å². The highest BCUT2D eigenvalue weighted by Gasteiger charge is 2.31. The van der Waals surface area contributed by atoms with Gasteiger partial charge in [0.15, 0.2) is 0 Å². The Morgan fingerprint density at radius 2 is 2.14 bits per heavy atom. The number of amides is 1. The molecular formula is C20H22ClF3N2O2S. The predicted octanol–water partition coefficient (Wildman–Crippen LogP) is 6.68. The van der Waals surface area contributed by atoms with Crippen LogP contribution in [0.1, 0.15) is 26.7 Å². The Kier molecular flexibility index (Phi) is 10.5. The maximum atomic E-state index is 12.6. The third kappa shape index (κ3) is 9.65. The van der Waals surface area contributed by atoms with Gasteiger partial charge in [-0.05, 0) is 42.5 Å². The largest absolute Gasteiger partial charge is 0.573 e. The number of carbonyl (C=O) groups excluding carboxylic acids is 1. The Bertz CT molecular complexity index is 803. The van der Waals surface area contributed by atoms with Crippen LogP contribution in [-0.4, -0.2) is 23.0 Å². The van der Waals surface area contributed by atoms with Gasteiger partial charge in [0.1, 0.15) is 5.76 Å². The SMILES string of the molecule is C=C=CN(Nc1cc(Cl)ccc1SCC)C(=O)C/C=C(\C=C/CC)OC(F)(F)F. The lowest BCUT2D eigenvalue weighted by atomic mass is 10.3. The molecule has 0 bridgehead atoms. The van der Waals surface area contributed by atoms with Gasteiger partial charge in [-0.25, -0.2) is 5.01 Å². The fraction of sp³-hybridized carbons (Fsp3) is 0.300. The van der Waals surface area contributed by atoms with Crippen LogP contribution < -0.4 is 5.43 Å². The number of hydrogen-bond donors (Lipinski definition) is 1. The summed E-state index contributed by atoms with van der Waals surface area (Å²) in [6, 6.07) is 5.18. The van der Waals surface area contributed by atoms with E-state index in [0.717, 1.165) is 21.7 Å². The van der Waals surface area contributed by atoms with Crippen molar-refractivity contribution < 1.29 is 22.7 Å². The van der Waals surface area contributed by atoms with E-state index in [1.54, 1.807) is 30.8 Å². The lowest BCUT2D eigenvalue weighted by Crippen LogP contribution is -2.31. The highest BCUT2D eigenvalue weighted by Crippen LogP contribution is 2.30. The van der Waals surface area contributed by atoms with E-state index in [4.69, 9.17) is 11.6 Å². The Labute approximate surface area is 177 Å². The van der Waals surface area contributed by atoms with Crippen molar-refractivity contribution in [2.24, 2.45) is 0 Å². The molecule has 1 N–H and O–H groups in total. The fourth-order valence-electron chi connectivity index (χ4n) is 2.06. The van der Waals surface area contributed by atoms with E-state index >= 15 is 0 Å². The number of hydrazine groups is 1. The molecule has 0 fully saturated rings. The van der Waals surface area contributed by atoms with Crippen molar-refractivity contribution >= 4 is 35.0 Å². The molecule has 0 aliphatic heterocycles. The summed E-state index contributed by atoms with van der Waals surface area (Å²) >= 11 is 7.58. The third-order valence-electron chi connectivity index (χ3n) is 3.20. The zero-order chi connectivity index (χ0) is 21.9. The molecule has 0 aromatic heterocycles. The first kappa shape index (κ1) is 24.8. The molecule has 0 saturated heterocycles. The first-order valence-electron chi connectivity index (χ1n) is 8.69. The highest BCUT2D eigenvalue weighted by molar-refractivity contribution is 7.99. The van der Waals surface area contributed by atoms with E-state index in [9.17, 15) is 18.0 Å². The number of alkyl halides is 3. The number of thioether (sulfide) groups is 1. The molecule has 1 amide bonds. The van der Waals surface area contributed by atoms with Crippen LogP contribution in [0.25, 0.3) is 0 Å². The van der Waals surface area contributed by atoms with Crippen molar-refractivity contribution in [3.63, 3.8) is 0 Å². The van der Waals surface area contributed by atoms with Crippen LogP contribution in [0, 0.1) is 0 Å². The van der Waals surface area contributed by atoms with Crippen molar-refractivity contribution in [3.05, 3.63) is 65.7 Å². The molecule has 0 spiro atoms. The number of benzene rings is 1. The van der Waals surface area contributed by atoms with Gasteiger partial charge in [0, 0.05) is 9.92 Å². The molecule has 0 atom stereocenters. The van der Waals surface area contributed by atoms with Gasteiger partial charge in [-0.3, -0.25) is 10.2 Å². The van der Waals surface area contributed by atoms with Crippen LogP contribution in [0.4, 0.5) is 18.9 Å². The molecule has 0 saturated carbocycles. The molecule has 1 aromatic carbocycles. The average Bonchev–Trinajstić information content (AvgIpc) is 2.64. The normalized spacial score (nSPS) is 11.9. The molecule has 29 heavy (non-hydrogen) atoms. The van der Waals surface area contributed by atoms with E-state index in [-0.39, 0.29) is 6.42 Å². The number of rotatable bonds is 10. The van der Waals surface area contributed by atoms with Crippen molar-refractivity contribution in [2.45, 2.75) is 37.9 Å². The van der Waals surface area contributed by atoms with Crippen molar-refractivity contribution in [3.8, 4) is 0 Å². The minimum absolute atomic E-state index is 0.346. The average molecular weight is 447 g/mol. The summed E-state index contributed by atoms with van der Waals surface area (Å²) in [5.74, 6) is -0.200. The smallest absolute Gasteiger partial charge is 0.406 e. The quantitative estimate of drug-likeness (QED) is 0.143. The van der Waals surface area contributed by atoms with Crippen LogP contribution in [0.2, 0.25) is 5.02 Å². The van der Waals surface area contributed by atoms with Gasteiger partial charge in [0.25, 0.3) is 0 Å². The summed E-state index contributed by atoms with van der Waals surface area (Å²) in [6.45, 7) is 7.19. The van der Waals surface area contributed by atoms with Gasteiger partial charge in [-0.1, -0.05) is 38.1 Å². The lowest BCUT2D eigenvalue weighted by Gasteiger charge is -2.21. The second kappa shape index (κ2) is 12.3. The van der Waals surface area contributed by atoms with Crippen LogP contribution in [0.15, 0.2) is 65.6 Å². The van der Waals surface area contributed by atoms with Crippen molar-refractivity contribution in [1.82, 2.24) is 5.01 Å². The summed E-state index contributed by atoms with van der Waals surface area (Å²) in [5.41, 5.74) is 5.95.